The zero-order valence-electron chi connectivity index (χ0n) is 15.7. The van der Waals surface area contributed by atoms with Crippen molar-refractivity contribution in [3.05, 3.63) is 0 Å². The van der Waals surface area contributed by atoms with E-state index in [9.17, 15) is 15.0 Å². The van der Waals surface area contributed by atoms with Crippen LogP contribution in [0.15, 0.2) is 0 Å². The Balaban J connectivity index is 2.20. The van der Waals surface area contributed by atoms with Crippen LogP contribution in [-0.2, 0) is 9.53 Å². The predicted molar refractivity (Wildman–Crippen MR) is 89.7 cm³/mol. The maximum Gasteiger partial charge on any atom is 0.311 e. The molecule has 2 aliphatic rings. The molecule has 0 saturated heterocycles. The van der Waals surface area contributed by atoms with Gasteiger partial charge in [0.2, 0.25) is 0 Å². The number of carbonyl (C=O) groups is 1. The van der Waals surface area contributed by atoms with Crippen molar-refractivity contribution < 1.29 is 19.7 Å². The van der Waals surface area contributed by atoms with E-state index < -0.39 is 16.6 Å². The molecule has 5 atom stereocenters. The standard InChI is InChI=1S/C19H34O4/c1-8-17(2,3)16(20)23-13-10-11-9-12(13)15(19(6,7)22)14(11)18(4,5)21/h11-15,21-22H,8-10H2,1-7H3/t11?,12-,13?,14?,15?/m0/s1. The van der Waals surface area contributed by atoms with Crippen LogP contribution in [0.25, 0.3) is 0 Å². The molecule has 0 amide bonds. The summed E-state index contributed by atoms with van der Waals surface area (Å²) in [5, 5.41) is 21.3. The number of fused-ring (bicyclic) bond motifs is 2. The third-order valence-electron chi connectivity index (χ3n) is 6.27. The Kier molecular flexibility index (Phi) is 4.67. The highest BCUT2D eigenvalue weighted by atomic mass is 16.5. The summed E-state index contributed by atoms with van der Waals surface area (Å²) < 4.78 is 5.86. The lowest BCUT2D eigenvalue weighted by Crippen LogP contribution is -2.52. The molecule has 0 spiro atoms. The number of carbonyl (C=O) groups excluding carboxylic acids is 1. The van der Waals surface area contributed by atoms with E-state index in [-0.39, 0.29) is 29.8 Å². The van der Waals surface area contributed by atoms with Crippen LogP contribution in [0.2, 0.25) is 0 Å². The van der Waals surface area contributed by atoms with Crippen molar-refractivity contribution >= 4 is 5.97 Å². The number of esters is 1. The van der Waals surface area contributed by atoms with E-state index in [0.29, 0.717) is 5.92 Å². The molecular formula is C19H34O4. The second-order valence-electron chi connectivity index (χ2n) is 9.44. The first kappa shape index (κ1) is 18.7. The quantitative estimate of drug-likeness (QED) is 0.762. The van der Waals surface area contributed by atoms with Crippen LogP contribution in [0.4, 0.5) is 0 Å². The fourth-order valence-electron chi connectivity index (χ4n) is 4.86. The number of ether oxygens (including phenoxy) is 1. The molecule has 0 aliphatic heterocycles. The van der Waals surface area contributed by atoms with Gasteiger partial charge in [0.15, 0.2) is 0 Å². The smallest absolute Gasteiger partial charge is 0.311 e. The second kappa shape index (κ2) is 5.73. The van der Waals surface area contributed by atoms with E-state index in [0.717, 1.165) is 19.3 Å². The Morgan fingerprint density at radius 1 is 1.00 bits per heavy atom. The number of hydrogen-bond acceptors (Lipinski definition) is 4. The van der Waals surface area contributed by atoms with Gasteiger partial charge in [-0.05, 0) is 78.6 Å². The first-order valence-electron chi connectivity index (χ1n) is 8.95. The van der Waals surface area contributed by atoms with Gasteiger partial charge in [-0.2, -0.15) is 0 Å². The molecule has 2 aliphatic carbocycles. The van der Waals surface area contributed by atoms with Crippen molar-refractivity contribution in [2.75, 3.05) is 0 Å². The lowest BCUT2D eigenvalue weighted by atomic mass is 9.65. The molecule has 2 saturated carbocycles. The molecule has 2 fully saturated rings. The average Bonchev–Trinajstić information content (AvgIpc) is 2.94. The molecule has 0 aromatic carbocycles. The minimum atomic E-state index is -0.893. The third kappa shape index (κ3) is 3.43. The molecule has 0 aromatic rings. The molecule has 0 radical (unpaired) electrons. The first-order valence-corrected chi connectivity index (χ1v) is 8.95. The molecule has 23 heavy (non-hydrogen) atoms. The first-order chi connectivity index (χ1) is 10.3. The average molecular weight is 326 g/mol. The Morgan fingerprint density at radius 3 is 1.96 bits per heavy atom. The van der Waals surface area contributed by atoms with Gasteiger partial charge in [0, 0.05) is 5.92 Å². The van der Waals surface area contributed by atoms with Crippen molar-refractivity contribution in [2.24, 2.45) is 29.1 Å². The highest BCUT2D eigenvalue weighted by molar-refractivity contribution is 5.76. The van der Waals surface area contributed by atoms with E-state index in [1.54, 1.807) is 0 Å². The van der Waals surface area contributed by atoms with E-state index in [1.165, 1.54) is 0 Å². The lowest BCUT2D eigenvalue weighted by Gasteiger charge is -2.46. The van der Waals surface area contributed by atoms with Gasteiger partial charge in [0.25, 0.3) is 0 Å². The molecule has 4 heteroatoms. The van der Waals surface area contributed by atoms with Crippen LogP contribution in [0.3, 0.4) is 0 Å². The largest absolute Gasteiger partial charge is 0.462 e. The Hall–Kier alpha value is -0.610. The van der Waals surface area contributed by atoms with Crippen LogP contribution in [0, 0.1) is 29.1 Å². The summed E-state index contributed by atoms with van der Waals surface area (Å²) in [6.07, 6.45) is 2.34. The Morgan fingerprint density at radius 2 is 1.52 bits per heavy atom. The molecule has 2 N–H and O–H groups in total. The summed E-state index contributed by atoms with van der Waals surface area (Å²) in [6.45, 7) is 13.1. The highest BCUT2D eigenvalue weighted by Gasteiger charge is 2.61. The van der Waals surface area contributed by atoms with Crippen molar-refractivity contribution in [1.29, 1.82) is 0 Å². The number of aliphatic hydroxyl groups is 2. The molecular weight excluding hydrogens is 292 g/mol. The molecule has 0 aromatic heterocycles. The SMILES string of the molecule is CCC(C)(C)C(=O)OC1CC2C[C@@H]1C(C(C)(C)O)C2C(C)(C)O. The van der Waals surface area contributed by atoms with Gasteiger partial charge in [-0.15, -0.1) is 0 Å². The van der Waals surface area contributed by atoms with Crippen molar-refractivity contribution in [2.45, 2.75) is 85.0 Å². The van der Waals surface area contributed by atoms with Crippen molar-refractivity contribution in [3.63, 3.8) is 0 Å². The normalized spacial score (nSPS) is 34.7. The van der Waals surface area contributed by atoms with Crippen LogP contribution >= 0.6 is 0 Å². The predicted octanol–water partition coefficient (Wildman–Crippen LogP) is 3.15. The fraction of sp³-hybridized carbons (Fsp3) is 0.947. The number of hydrogen-bond donors (Lipinski definition) is 2. The van der Waals surface area contributed by atoms with E-state index in [1.807, 2.05) is 48.5 Å². The van der Waals surface area contributed by atoms with Crippen LogP contribution < -0.4 is 0 Å². The summed E-state index contributed by atoms with van der Waals surface area (Å²) >= 11 is 0. The molecule has 2 rings (SSSR count). The van der Waals surface area contributed by atoms with Crippen molar-refractivity contribution in [1.82, 2.24) is 0 Å². The van der Waals surface area contributed by atoms with Crippen LogP contribution in [0.5, 0.6) is 0 Å². The van der Waals surface area contributed by atoms with Gasteiger partial charge >= 0.3 is 5.97 Å². The second-order valence-corrected chi connectivity index (χ2v) is 9.44. The zero-order valence-corrected chi connectivity index (χ0v) is 15.7. The fourth-order valence-corrected chi connectivity index (χ4v) is 4.86. The monoisotopic (exact) mass is 326 g/mol. The van der Waals surface area contributed by atoms with E-state index in [2.05, 4.69) is 0 Å². The molecule has 2 bridgehead atoms. The van der Waals surface area contributed by atoms with E-state index >= 15 is 0 Å². The summed E-state index contributed by atoms with van der Waals surface area (Å²) in [5.41, 5.74) is -2.20. The highest BCUT2D eigenvalue weighted by Crippen LogP contribution is 2.59. The number of rotatable bonds is 5. The van der Waals surface area contributed by atoms with Gasteiger partial charge in [0.05, 0.1) is 16.6 Å². The summed E-state index contributed by atoms with van der Waals surface area (Å²) in [5.74, 6) is 0.282. The van der Waals surface area contributed by atoms with Gasteiger partial charge in [-0.25, -0.2) is 0 Å². The zero-order chi connectivity index (χ0) is 17.8. The summed E-state index contributed by atoms with van der Waals surface area (Å²) in [6, 6.07) is 0. The minimum Gasteiger partial charge on any atom is -0.462 e. The van der Waals surface area contributed by atoms with Gasteiger partial charge in [0.1, 0.15) is 6.10 Å². The molecule has 4 unspecified atom stereocenters. The van der Waals surface area contributed by atoms with Crippen LogP contribution in [0.1, 0.15) is 67.7 Å². The summed E-state index contributed by atoms with van der Waals surface area (Å²) in [7, 11) is 0. The maximum atomic E-state index is 12.4. The Labute approximate surface area is 140 Å². The van der Waals surface area contributed by atoms with E-state index in [4.69, 9.17) is 4.74 Å². The van der Waals surface area contributed by atoms with Crippen LogP contribution in [-0.4, -0.2) is 33.5 Å². The topological polar surface area (TPSA) is 66.8 Å². The Bertz CT molecular complexity index is 455. The maximum absolute atomic E-state index is 12.4. The molecule has 134 valence electrons. The lowest BCUT2D eigenvalue weighted by molar-refractivity contribution is -0.172. The van der Waals surface area contributed by atoms with Gasteiger partial charge in [-0.3, -0.25) is 4.79 Å². The summed E-state index contributed by atoms with van der Waals surface area (Å²) in [4.78, 5) is 12.4. The van der Waals surface area contributed by atoms with Crippen molar-refractivity contribution in [3.8, 4) is 0 Å². The minimum absolute atomic E-state index is 0.0432. The van der Waals surface area contributed by atoms with Gasteiger partial charge < -0.3 is 14.9 Å². The molecule has 0 heterocycles. The molecule has 4 nitrogen and oxygen atoms in total. The van der Waals surface area contributed by atoms with Gasteiger partial charge in [-0.1, -0.05) is 6.92 Å². The third-order valence-corrected chi connectivity index (χ3v) is 6.27.